The van der Waals surface area contributed by atoms with Crippen molar-refractivity contribution < 1.29 is 23.4 Å². The predicted molar refractivity (Wildman–Crippen MR) is 67.4 cm³/mol. The van der Waals surface area contributed by atoms with E-state index >= 15 is 0 Å². The van der Waals surface area contributed by atoms with Crippen LogP contribution in [0.3, 0.4) is 0 Å². The van der Waals surface area contributed by atoms with E-state index in [1.54, 1.807) is 0 Å². The van der Waals surface area contributed by atoms with Gasteiger partial charge in [0, 0.05) is 6.54 Å². The van der Waals surface area contributed by atoms with E-state index in [0.29, 0.717) is 5.56 Å². The number of anilines is 1. The number of hydrogen-bond acceptors (Lipinski definition) is 3. The summed E-state index contributed by atoms with van der Waals surface area (Å²) in [4.78, 5) is 0.953. The molecule has 7 heteroatoms. The van der Waals surface area contributed by atoms with Gasteiger partial charge < -0.3 is 15.1 Å². The highest BCUT2D eigenvalue weighted by atomic mass is 35.5. The minimum atomic E-state index is -4.39. The minimum Gasteiger partial charge on any atom is -0.395 e. The Hall–Kier alpha value is -0.980. The van der Waals surface area contributed by atoms with Gasteiger partial charge in [0.15, 0.2) is 0 Å². The van der Waals surface area contributed by atoms with Crippen LogP contribution >= 0.6 is 11.6 Å². The van der Waals surface area contributed by atoms with E-state index in [1.165, 1.54) is 25.1 Å². The summed E-state index contributed by atoms with van der Waals surface area (Å²) in [6.45, 7) is -0.244. The van der Waals surface area contributed by atoms with Gasteiger partial charge in [-0.05, 0) is 24.6 Å². The first-order chi connectivity index (χ1) is 8.74. The Morgan fingerprint density at radius 2 is 2.00 bits per heavy atom. The number of nitrogens with zero attached hydrogens (tertiary/aromatic N) is 1. The summed E-state index contributed by atoms with van der Waals surface area (Å²) in [5, 5.41) is 18.3. The number of benzene rings is 1. The van der Waals surface area contributed by atoms with Crippen LogP contribution < -0.4 is 4.90 Å². The van der Waals surface area contributed by atoms with E-state index in [1.807, 2.05) is 0 Å². The van der Waals surface area contributed by atoms with Crippen LogP contribution in [-0.4, -0.2) is 36.1 Å². The van der Waals surface area contributed by atoms with Crippen molar-refractivity contribution in [3.63, 3.8) is 0 Å². The maximum Gasteiger partial charge on any atom is 0.405 e. The molecule has 0 heterocycles. The molecule has 1 atom stereocenters. The van der Waals surface area contributed by atoms with Crippen LogP contribution in [0.2, 0.25) is 5.02 Å². The molecule has 0 radical (unpaired) electrons. The molecule has 0 bridgehead atoms. The molecule has 1 rings (SSSR count). The van der Waals surface area contributed by atoms with E-state index < -0.39 is 25.4 Å². The highest BCUT2D eigenvalue weighted by Gasteiger charge is 2.31. The van der Waals surface area contributed by atoms with Gasteiger partial charge >= 0.3 is 6.18 Å². The van der Waals surface area contributed by atoms with Crippen molar-refractivity contribution in [2.24, 2.45) is 0 Å². The number of alkyl halides is 3. The van der Waals surface area contributed by atoms with Crippen LogP contribution in [0.25, 0.3) is 0 Å². The van der Waals surface area contributed by atoms with Crippen molar-refractivity contribution in [2.45, 2.75) is 19.2 Å². The summed E-state index contributed by atoms with van der Waals surface area (Å²) in [5.74, 6) is 0. The van der Waals surface area contributed by atoms with E-state index in [2.05, 4.69) is 0 Å². The SMILES string of the molecule is C[C@@H](O)c1ccc(N(CCO)CC(F)(F)F)c(Cl)c1. The zero-order chi connectivity index (χ0) is 14.6. The zero-order valence-electron chi connectivity index (χ0n) is 10.3. The van der Waals surface area contributed by atoms with Gasteiger partial charge in [0.05, 0.1) is 23.4 Å². The summed E-state index contributed by atoms with van der Waals surface area (Å²) >= 11 is 5.93. The molecule has 0 aliphatic carbocycles. The Morgan fingerprint density at radius 3 is 2.42 bits per heavy atom. The van der Waals surface area contributed by atoms with Gasteiger partial charge in [0.2, 0.25) is 0 Å². The summed E-state index contributed by atoms with van der Waals surface area (Å²) < 4.78 is 37.3. The molecule has 0 saturated heterocycles. The van der Waals surface area contributed by atoms with Crippen molar-refractivity contribution in [1.29, 1.82) is 0 Å². The van der Waals surface area contributed by atoms with Gasteiger partial charge in [0.1, 0.15) is 6.54 Å². The van der Waals surface area contributed by atoms with Gasteiger partial charge in [-0.3, -0.25) is 0 Å². The Labute approximate surface area is 114 Å². The molecule has 3 nitrogen and oxygen atoms in total. The highest BCUT2D eigenvalue weighted by Crippen LogP contribution is 2.31. The second-order valence-corrected chi connectivity index (χ2v) is 4.55. The molecule has 0 amide bonds. The third-order valence-electron chi connectivity index (χ3n) is 2.53. The third-order valence-corrected chi connectivity index (χ3v) is 2.84. The van der Waals surface area contributed by atoms with Gasteiger partial charge in [0.25, 0.3) is 0 Å². The monoisotopic (exact) mass is 297 g/mol. The molecule has 0 aromatic heterocycles. The van der Waals surface area contributed by atoms with E-state index in [-0.39, 0.29) is 17.3 Å². The number of rotatable bonds is 5. The van der Waals surface area contributed by atoms with Gasteiger partial charge in [-0.15, -0.1) is 0 Å². The van der Waals surface area contributed by atoms with Crippen LogP contribution in [0, 0.1) is 0 Å². The average molecular weight is 298 g/mol. The maximum absolute atomic E-state index is 12.4. The third kappa shape index (κ3) is 4.89. The molecule has 0 aliphatic rings. The molecular weight excluding hydrogens is 283 g/mol. The van der Waals surface area contributed by atoms with Gasteiger partial charge in [-0.2, -0.15) is 13.2 Å². The second-order valence-electron chi connectivity index (χ2n) is 4.15. The average Bonchev–Trinajstić information content (AvgIpc) is 2.26. The van der Waals surface area contributed by atoms with Crippen LogP contribution in [0.5, 0.6) is 0 Å². The molecule has 2 N–H and O–H groups in total. The summed E-state index contributed by atoms with van der Waals surface area (Å²) in [6.07, 6.45) is -5.14. The van der Waals surface area contributed by atoms with Crippen LogP contribution in [0.1, 0.15) is 18.6 Å². The Kier molecular flexibility index (Phi) is 5.46. The minimum absolute atomic E-state index is 0.108. The smallest absolute Gasteiger partial charge is 0.395 e. The largest absolute Gasteiger partial charge is 0.405 e. The Balaban J connectivity index is 3.02. The molecule has 0 spiro atoms. The van der Waals surface area contributed by atoms with Crippen molar-refractivity contribution in [1.82, 2.24) is 0 Å². The lowest BCUT2D eigenvalue weighted by Crippen LogP contribution is -2.36. The van der Waals surface area contributed by atoms with Crippen LogP contribution in [0.15, 0.2) is 18.2 Å². The molecule has 1 aromatic rings. The normalized spacial score (nSPS) is 13.4. The summed E-state index contributed by atoms with van der Waals surface area (Å²) in [7, 11) is 0. The molecule has 0 fully saturated rings. The summed E-state index contributed by atoms with van der Waals surface area (Å²) in [5.41, 5.74) is 0.696. The standard InChI is InChI=1S/C12H15ClF3NO2/c1-8(19)9-2-3-11(10(13)6-9)17(4-5-18)7-12(14,15)16/h2-3,6,8,18-19H,4-5,7H2,1H3/t8-/m1/s1. The van der Waals surface area contributed by atoms with Crippen molar-refractivity contribution in [3.05, 3.63) is 28.8 Å². The second kappa shape index (κ2) is 6.45. The molecule has 0 aliphatic heterocycles. The first kappa shape index (κ1) is 16.1. The topological polar surface area (TPSA) is 43.7 Å². The molecule has 1 aromatic carbocycles. The number of aliphatic hydroxyl groups excluding tert-OH is 2. The van der Waals surface area contributed by atoms with Gasteiger partial charge in [-0.25, -0.2) is 0 Å². The fraction of sp³-hybridized carbons (Fsp3) is 0.500. The van der Waals surface area contributed by atoms with Gasteiger partial charge in [-0.1, -0.05) is 17.7 Å². The quantitative estimate of drug-likeness (QED) is 0.878. The maximum atomic E-state index is 12.4. The predicted octanol–water partition coefficient (Wildman–Crippen LogP) is 2.75. The fourth-order valence-electron chi connectivity index (χ4n) is 1.66. The first-order valence-corrected chi connectivity index (χ1v) is 6.02. The van der Waals surface area contributed by atoms with E-state index in [9.17, 15) is 18.3 Å². The molecule has 0 unspecified atom stereocenters. The van der Waals surface area contributed by atoms with Crippen molar-refractivity contribution in [3.8, 4) is 0 Å². The molecule has 19 heavy (non-hydrogen) atoms. The van der Waals surface area contributed by atoms with E-state index in [0.717, 1.165) is 4.90 Å². The van der Waals surface area contributed by atoms with E-state index in [4.69, 9.17) is 16.7 Å². The first-order valence-electron chi connectivity index (χ1n) is 5.64. The Morgan fingerprint density at radius 1 is 1.37 bits per heavy atom. The van der Waals surface area contributed by atoms with Crippen molar-refractivity contribution in [2.75, 3.05) is 24.6 Å². The van der Waals surface area contributed by atoms with Crippen molar-refractivity contribution >= 4 is 17.3 Å². The van der Waals surface area contributed by atoms with Crippen LogP contribution in [0.4, 0.5) is 18.9 Å². The Bertz CT molecular complexity index is 424. The fourth-order valence-corrected chi connectivity index (χ4v) is 1.97. The number of halogens is 4. The number of hydrogen-bond donors (Lipinski definition) is 2. The number of aliphatic hydroxyl groups is 2. The molecular formula is C12H15ClF3NO2. The molecule has 108 valence electrons. The molecule has 0 saturated carbocycles. The highest BCUT2D eigenvalue weighted by molar-refractivity contribution is 6.33. The summed E-state index contributed by atoms with van der Waals surface area (Å²) in [6, 6.07) is 4.33. The lowest BCUT2D eigenvalue weighted by molar-refractivity contribution is -0.119. The lowest BCUT2D eigenvalue weighted by atomic mass is 10.1. The van der Waals surface area contributed by atoms with Crippen LogP contribution in [-0.2, 0) is 0 Å². The lowest BCUT2D eigenvalue weighted by Gasteiger charge is -2.26. The zero-order valence-corrected chi connectivity index (χ0v) is 11.0.